The lowest BCUT2D eigenvalue weighted by atomic mass is 10.0. The highest BCUT2D eigenvalue weighted by Crippen LogP contribution is 2.68. The van der Waals surface area contributed by atoms with Gasteiger partial charge in [-0.05, 0) is 23.0 Å². The molecule has 1 saturated carbocycles. The average Bonchev–Trinajstić information content (AvgIpc) is 2.67. The van der Waals surface area contributed by atoms with Gasteiger partial charge in [0.2, 0.25) is 12.7 Å². The molecule has 1 amide bonds. The Balaban J connectivity index is 1.75. The first kappa shape index (κ1) is 12.3. The van der Waals surface area contributed by atoms with Crippen LogP contribution in [0.3, 0.4) is 0 Å². The Hall–Kier alpha value is -1.71. The van der Waals surface area contributed by atoms with Crippen LogP contribution in [0, 0.1) is 16.7 Å². The van der Waals surface area contributed by atoms with Crippen LogP contribution in [0.25, 0.3) is 0 Å². The predicted octanol–water partition coefficient (Wildman–Crippen LogP) is 3.04. The van der Waals surface area contributed by atoms with Crippen LogP contribution < -0.4 is 14.8 Å². The molecule has 1 aliphatic carbocycles. The summed E-state index contributed by atoms with van der Waals surface area (Å²) in [7, 11) is 0. The predicted molar refractivity (Wildman–Crippen MR) is 72.2 cm³/mol. The molecular weight excluding hydrogens is 242 g/mol. The van der Waals surface area contributed by atoms with E-state index in [0.717, 1.165) is 11.4 Å². The van der Waals surface area contributed by atoms with E-state index in [0.29, 0.717) is 5.75 Å². The molecule has 0 bridgehead atoms. The van der Waals surface area contributed by atoms with Crippen molar-refractivity contribution in [1.82, 2.24) is 0 Å². The number of ether oxygens (including phenoxy) is 2. The molecule has 2 aliphatic rings. The van der Waals surface area contributed by atoms with E-state index in [4.69, 9.17) is 9.47 Å². The molecule has 0 unspecified atom stereocenters. The lowest BCUT2D eigenvalue weighted by molar-refractivity contribution is -0.118. The number of carbonyl (C=O) groups excluding carboxylic acids is 1. The lowest BCUT2D eigenvalue weighted by Gasteiger charge is -2.07. The quantitative estimate of drug-likeness (QED) is 0.890. The Kier molecular flexibility index (Phi) is 2.37. The summed E-state index contributed by atoms with van der Waals surface area (Å²) in [5.74, 6) is 1.54. The summed E-state index contributed by atoms with van der Waals surface area (Å²) in [5.41, 5.74) is 0.855. The third-order valence-corrected chi connectivity index (χ3v) is 4.92. The fraction of sp³-hybridized carbons (Fsp3) is 0.533. The van der Waals surface area contributed by atoms with Crippen molar-refractivity contribution in [1.29, 1.82) is 0 Å². The number of nitrogens with one attached hydrogen (secondary N) is 1. The highest BCUT2D eigenvalue weighted by Gasteiger charge is 2.68. The van der Waals surface area contributed by atoms with Crippen molar-refractivity contribution in [3.63, 3.8) is 0 Å². The number of rotatable bonds is 2. The van der Waals surface area contributed by atoms with Gasteiger partial charge < -0.3 is 14.8 Å². The maximum absolute atomic E-state index is 12.3. The first-order valence-electron chi connectivity index (χ1n) is 6.54. The van der Waals surface area contributed by atoms with E-state index in [1.807, 2.05) is 18.2 Å². The molecule has 0 aromatic heterocycles. The normalized spacial score (nSPS) is 22.1. The minimum absolute atomic E-state index is 0.0467. The van der Waals surface area contributed by atoms with Crippen LogP contribution >= 0.6 is 0 Å². The zero-order valence-electron chi connectivity index (χ0n) is 11.7. The van der Waals surface area contributed by atoms with Crippen molar-refractivity contribution in [3.05, 3.63) is 18.2 Å². The summed E-state index contributed by atoms with van der Waals surface area (Å²) in [4.78, 5) is 12.3. The maximum Gasteiger partial charge on any atom is 0.231 e. The molecule has 0 spiro atoms. The standard InChI is InChI=1S/C15H19NO3/c1-14(2)12(15(14,3)4)13(17)16-9-5-6-10-11(7-9)19-8-18-10/h5-7,12H,8H2,1-4H3,(H,16,17). The molecule has 3 rings (SSSR count). The summed E-state index contributed by atoms with van der Waals surface area (Å²) in [6, 6.07) is 5.47. The van der Waals surface area contributed by atoms with Crippen molar-refractivity contribution in [2.75, 3.05) is 12.1 Å². The molecule has 0 radical (unpaired) electrons. The van der Waals surface area contributed by atoms with Gasteiger partial charge in [-0.2, -0.15) is 0 Å². The summed E-state index contributed by atoms with van der Waals surface area (Å²) in [6.07, 6.45) is 0. The molecule has 0 saturated heterocycles. The van der Waals surface area contributed by atoms with E-state index in [1.165, 1.54) is 0 Å². The molecular formula is C15H19NO3. The Bertz CT molecular complexity index is 534. The summed E-state index contributed by atoms with van der Waals surface area (Å²) in [6.45, 7) is 8.79. The second-order valence-electron chi connectivity index (χ2n) is 6.43. The van der Waals surface area contributed by atoms with Crippen molar-refractivity contribution >= 4 is 11.6 Å². The molecule has 1 N–H and O–H groups in total. The smallest absolute Gasteiger partial charge is 0.231 e. The van der Waals surface area contributed by atoms with E-state index in [9.17, 15) is 4.79 Å². The van der Waals surface area contributed by atoms with Gasteiger partial charge in [0.1, 0.15) is 0 Å². The largest absolute Gasteiger partial charge is 0.454 e. The van der Waals surface area contributed by atoms with E-state index in [-0.39, 0.29) is 29.4 Å². The molecule has 102 valence electrons. The van der Waals surface area contributed by atoms with Gasteiger partial charge in [-0.1, -0.05) is 27.7 Å². The zero-order valence-corrected chi connectivity index (χ0v) is 11.7. The number of amides is 1. The number of benzene rings is 1. The highest BCUT2D eigenvalue weighted by atomic mass is 16.7. The van der Waals surface area contributed by atoms with Crippen molar-refractivity contribution in [3.8, 4) is 11.5 Å². The number of carbonyl (C=O) groups is 1. The van der Waals surface area contributed by atoms with Crippen LogP contribution in [-0.4, -0.2) is 12.7 Å². The molecule has 4 heteroatoms. The van der Waals surface area contributed by atoms with E-state index >= 15 is 0 Å². The van der Waals surface area contributed by atoms with Crippen LogP contribution in [0.15, 0.2) is 18.2 Å². The average molecular weight is 261 g/mol. The minimum atomic E-state index is 0.0467. The monoisotopic (exact) mass is 261 g/mol. The number of hydrogen-bond donors (Lipinski definition) is 1. The highest BCUT2D eigenvalue weighted by molar-refractivity contribution is 5.96. The minimum Gasteiger partial charge on any atom is -0.454 e. The van der Waals surface area contributed by atoms with Gasteiger partial charge in [0.05, 0.1) is 0 Å². The molecule has 0 atom stereocenters. The third kappa shape index (κ3) is 1.70. The van der Waals surface area contributed by atoms with Crippen molar-refractivity contribution < 1.29 is 14.3 Å². The fourth-order valence-electron chi connectivity index (χ4n) is 3.04. The SMILES string of the molecule is CC1(C)C(C(=O)Nc2ccc3c(c2)OCO3)C1(C)C. The fourth-order valence-corrected chi connectivity index (χ4v) is 3.04. The van der Waals surface area contributed by atoms with Gasteiger partial charge in [-0.3, -0.25) is 4.79 Å². The van der Waals surface area contributed by atoms with Crippen LogP contribution in [0.5, 0.6) is 11.5 Å². The number of fused-ring (bicyclic) bond motifs is 1. The van der Waals surface area contributed by atoms with Gasteiger partial charge in [-0.25, -0.2) is 0 Å². The third-order valence-electron chi connectivity index (χ3n) is 4.92. The van der Waals surface area contributed by atoms with Gasteiger partial charge in [0.25, 0.3) is 0 Å². The van der Waals surface area contributed by atoms with E-state index in [2.05, 4.69) is 33.0 Å². The Morgan fingerprint density at radius 1 is 1.16 bits per heavy atom. The summed E-state index contributed by atoms with van der Waals surface area (Å²) >= 11 is 0. The van der Waals surface area contributed by atoms with Crippen LogP contribution in [0.4, 0.5) is 5.69 Å². The first-order valence-corrected chi connectivity index (χ1v) is 6.54. The van der Waals surface area contributed by atoms with E-state index in [1.54, 1.807) is 0 Å². The second-order valence-corrected chi connectivity index (χ2v) is 6.43. The molecule has 1 aromatic carbocycles. The van der Waals surface area contributed by atoms with Gasteiger partial charge in [-0.15, -0.1) is 0 Å². The van der Waals surface area contributed by atoms with Crippen molar-refractivity contribution in [2.45, 2.75) is 27.7 Å². The van der Waals surface area contributed by atoms with Crippen LogP contribution in [-0.2, 0) is 4.79 Å². The Morgan fingerprint density at radius 2 is 1.79 bits per heavy atom. The topological polar surface area (TPSA) is 47.6 Å². The molecule has 1 heterocycles. The Morgan fingerprint density at radius 3 is 2.42 bits per heavy atom. The lowest BCUT2D eigenvalue weighted by Crippen LogP contribution is -2.17. The number of anilines is 1. The molecule has 4 nitrogen and oxygen atoms in total. The van der Waals surface area contributed by atoms with Crippen molar-refractivity contribution in [2.24, 2.45) is 16.7 Å². The maximum atomic E-state index is 12.3. The Labute approximate surface area is 113 Å². The van der Waals surface area contributed by atoms with Gasteiger partial charge >= 0.3 is 0 Å². The molecule has 19 heavy (non-hydrogen) atoms. The molecule has 1 fully saturated rings. The zero-order chi connectivity index (χ0) is 13.8. The van der Waals surface area contributed by atoms with Crippen LogP contribution in [0.2, 0.25) is 0 Å². The van der Waals surface area contributed by atoms with Gasteiger partial charge in [0.15, 0.2) is 11.5 Å². The summed E-state index contributed by atoms with van der Waals surface area (Å²) < 4.78 is 10.6. The van der Waals surface area contributed by atoms with E-state index < -0.39 is 0 Å². The summed E-state index contributed by atoms with van der Waals surface area (Å²) in [5, 5.41) is 2.97. The first-order chi connectivity index (χ1) is 8.84. The molecule has 1 aromatic rings. The van der Waals surface area contributed by atoms with Gasteiger partial charge in [0, 0.05) is 17.7 Å². The number of hydrogen-bond acceptors (Lipinski definition) is 3. The molecule has 1 aliphatic heterocycles. The second kappa shape index (κ2) is 3.65. The van der Waals surface area contributed by atoms with Crippen LogP contribution in [0.1, 0.15) is 27.7 Å².